The largest absolute Gasteiger partial charge is 0.456 e. The van der Waals surface area contributed by atoms with E-state index in [1.807, 2.05) is 11.3 Å². The molecule has 0 atom stereocenters. The van der Waals surface area contributed by atoms with Crippen LogP contribution in [0.4, 0.5) is 11.4 Å². The molecule has 3 aromatic heterocycles. The van der Waals surface area contributed by atoms with Crippen molar-refractivity contribution in [3.05, 3.63) is 161 Å². The van der Waals surface area contributed by atoms with E-state index >= 15 is 0 Å². The lowest BCUT2D eigenvalue weighted by Crippen LogP contribution is -2.60. The van der Waals surface area contributed by atoms with Crippen LogP contribution in [-0.4, -0.2) is 11.4 Å². The van der Waals surface area contributed by atoms with Crippen molar-refractivity contribution >= 4 is 104 Å². The van der Waals surface area contributed by atoms with Gasteiger partial charge in [-0.3, -0.25) is 0 Å². The highest BCUT2D eigenvalue weighted by molar-refractivity contribution is 7.25. The van der Waals surface area contributed by atoms with Crippen molar-refractivity contribution in [2.45, 2.75) is 96.8 Å². The maximum atomic E-state index is 6.82. The predicted octanol–water partition coefficient (Wildman–Crippen LogP) is 16.2. The summed E-state index contributed by atoms with van der Waals surface area (Å²) in [5.74, 6) is 0. The third-order valence-electron chi connectivity index (χ3n) is 17.4. The van der Waals surface area contributed by atoms with E-state index in [4.69, 9.17) is 4.42 Å². The smallest absolute Gasteiger partial charge is 0.333 e. The third kappa shape index (κ3) is 4.91. The van der Waals surface area contributed by atoms with Crippen LogP contribution in [-0.2, 0) is 21.7 Å². The molecule has 5 heteroatoms. The number of para-hydroxylation sites is 1. The molecule has 330 valence electrons. The van der Waals surface area contributed by atoms with Gasteiger partial charge in [-0.15, -0.1) is 11.3 Å². The molecule has 15 rings (SSSR count). The molecule has 4 aliphatic rings. The molecule has 5 heterocycles. The van der Waals surface area contributed by atoms with Gasteiger partial charge in [-0.1, -0.05) is 129 Å². The van der Waals surface area contributed by atoms with Gasteiger partial charge in [0.05, 0.1) is 11.0 Å². The van der Waals surface area contributed by atoms with Crippen molar-refractivity contribution < 1.29 is 4.42 Å². The maximum Gasteiger partial charge on any atom is 0.333 e. The lowest BCUT2D eigenvalue weighted by Gasteiger charge is -2.42. The highest BCUT2D eigenvalue weighted by Gasteiger charge is 2.46. The Bertz CT molecular complexity index is 4110. The Morgan fingerprint density at radius 1 is 0.529 bits per heavy atom. The van der Waals surface area contributed by atoms with Gasteiger partial charge in [0.2, 0.25) is 0 Å². The molecule has 68 heavy (non-hydrogen) atoms. The number of hydrogen-bond acceptors (Lipinski definition) is 3. The van der Waals surface area contributed by atoms with Gasteiger partial charge in [0.25, 0.3) is 0 Å². The average Bonchev–Trinajstić information content (AvgIpc) is 4.03. The summed E-state index contributed by atoms with van der Waals surface area (Å²) in [4.78, 5) is 2.70. The Kier molecular flexibility index (Phi) is 7.28. The number of aromatic nitrogens is 1. The van der Waals surface area contributed by atoms with E-state index in [0.717, 1.165) is 21.9 Å². The zero-order valence-electron chi connectivity index (χ0n) is 40.4. The number of fused-ring (bicyclic) bond motifs is 18. The molecule has 2 aliphatic heterocycles. The van der Waals surface area contributed by atoms with Crippen molar-refractivity contribution in [1.82, 2.24) is 4.57 Å². The average molecular weight is 897 g/mol. The molecule has 0 N–H and O–H groups in total. The molecule has 0 saturated heterocycles. The molecule has 11 aromatic rings. The number of nitrogens with zero attached hydrogens (tertiary/aromatic N) is 2. The topological polar surface area (TPSA) is 21.3 Å². The standard InChI is InChI=1S/C63H53BN2OS/c1-60(2,3)34-18-20-35(21-19-34)66-52-30-45-44-27-48-49(62(6,7)25-24-61(48,4)5)32-57(44)68-56(45)31-42(52)38-22-23-39-41-26-47-40(36-14-10-12-16-46(36)63(47,8)9)28-51(41)65-53-29-43-37-15-11-13-17-54(37)67-55(43)33-50(53)64(66)58(38)59(39)65/h10-23,26-33H,24-25H2,1-9H3. The van der Waals surface area contributed by atoms with Crippen LogP contribution in [0.5, 0.6) is 0 Å². The van der Waals surface area contributed by atoms with Gasteiger partial charge in [0.1, 0.15) is 11.2 Å². The molecule has 0 bridgehead atoms. The summed E-state index contributed by atoms with van der Waals surface area (Å²) in [5, 5.41) is 7.66. The Balaban J connectivity index is 1.09. The lowest BCUT2D eigenvalue weighted by atomic mass is 9.44. The second-order valence-electron chi connectivity index (χ2n) is 23.5. The minimum absolute atomic E-state index is 0.0287. The minimum atomic E-state index is -0.120. The van der Waals surface area contributed by atoms with E-state index in [9.17, 15) is 0 Å². The molecular formula is C63H53BN2OS. The van der Waals surface area contributed by atoms with Crippen molar-refractivity contribution in [2.75, 3.05) is 4.81 Å². The Morgan fingerprint density at radius 2 is 1.22 bits per heavy atom. The van der Waals surface area contributed by atoms with E-state index in [1.54, 1.807) is 0 Å². The monoisotopic (exact) mass is 896 g/mol. The van der Waals surface area contributed by atoms with E-state index in [2.05, 4.69) is 205 Å². The Morgan fingerprint density at radius 3 is 2.01 bits per heavy atom. The summed E-state index contributed by atoms with van der Waals surface area (Å²) >= 11 is 1.97. The van der Waals surface area contributed by atoms with Crippen LogP contribution in [0.15, 0.2) is 138 Å². The fraction of sp³-hybridized carbons (Fsp3) is 0.238. The Labute approximate surface area is 402 Å². The lowest BCUT2D eigenvalue weighted by molar-refractivity contribution is 0.332. The van der Waals surface area contributed by atoms with E-state index < -0.39 is 0 Å². The summed E-state index contributed by atoms with van der Waals surface area (Å²) in [6, 6.07) is 52.2. The van der Waals surface area contributed by atoms with Gasteiger partial charge >= 0.3 is 6.85 Å². The first-order valence-electron chi connectivity index (χ1n) is 24.7. The summed E-state index contributed by atoms with van der Waals surface area (Å²) in [7, 11) is 0. The highest BCUT2D eigenvalue weighted by Crippen LogP contribution is 2.55. The molecule has 0 spiro atoms. The molecule has 0 saturated carbocycles. The zero-order chi connectivity index (χ0) is 46.1. The van der Waals surface area contributed by atoms with E-state index in [-0.39, 0.29) is 28.5 Å². The number of anilines is 2. The van der Waals surface area contributed by atoms with Gasteiger partial charge in [-0.05, 0) is 151 Å². The number of hydrogen-bond donors (Lipinski definition) is 0. The van der Waals surface area contributed by atoms with Gasteiger partial charge in [0, 0.05) is 69.8 Å². The summed E-state index contributed by atoms with van der Waals surface area (Å²) in [5.41, 5.74) is 23.4. The zero-order valence-corrected chi connectivity index (χ0v) is 41.2. The molecule has 0 radical (unpaired) electrons. The first-order valence-corrected chi connectivity index (χ1v) is 25.5. The fourth-order valence-electron chi connectivity index (χ4n) is 13.5. The number of rotatable bonds is 1. The predicted molar refractivity (Wildman–Crippen MR) is 292 cm³/mol. The van der Waals surface area contributed by atoms with Gasteiger partial charge in [-0.25, -0.2) is 0 Å². The van der Waals surface area contributed by atoms with Crippen molar-refractivity contribution in [1.29, 1.82) is 0 Å². The van der Waals surface area contributed by atoms with Crippen molar-refractivity contribution in [3.63, 3.8) is 0 Å². The van der Waals surface area contributed by atoms with Crippen molar-refractivity contribution in [2.24, 2.45) is 0 Å². The van der Waals surface area contributed by atoms with Crippen LogP contribution in [0.1, 0.15) is 103 Å². The molecule has 0 amide bonds. The van der Waals surface area contributed by atoms with Crippen LogP contribution in [0.3, 0.4) is 0 Å². The van der Waals surface area contributed by atoms with Gasteiger partial charge in [0.15, 0.2) is 0 Å². The molecule has 8 aromatic carbocycles. The fourth-order valence-corrected chi connectivity index (χ4v) is 14.7. The summed E-state index contributed by atoms with van der Waals surface area (Å²) in [6.07, 6.45) is 2.41. The first-order chi connectivity index (χ1) is 32.6. The van der Waals surface area contributed by atoms with Crippen LogP contribution >= 0.6 is 11.3 Å². The minimum Gasteiger partial charge on any atom is -0.456 e. The Hall–Kier alpha value is -6.56. The third-order valence-corrected chi connectivity index (χ3v) is 18.5. The first kappa shape index (κ1) is 39.4. The number of benzene rings is 8. The van der Waals surface area contributed by atoms with Crippen LogP contribution in [0, 0.1) is 0 Å². The summed E-state index contributed by atoms with van der Waals surface area (Å²) < 4.78 is 12.2. The second kappa shape index (κ2) is 12.6. The quantitative estimate of drug-likeness (QED) is 0.153. The molecule has 0 fully saturated rings. The van der Waals surface area contributed by atoms with Crippen LogP contribution in [0.2, 0.25) is 0 Å². The molecule has 2 aliphatic carbocycles. The molecule has 0 unspecified atom stereocenters. The van der Waals surface area contributed by atoms with E-state index in [1.165, 1.54) is 133 Å². The number of furan rings is 1. The summed E-state index contributed by atoms with van der Waals surface area (Å²) in [6.45, 7) is 21.4. The van der Waals surface area contributed by atoms with Gasteiger partial charge < -0.3 is 13.8 Å². The second-order valence-corrected chi connectivity index (χ2v) is 24.6. The normalized spacial score (nSPS) is 17.1. The maximum absolute atomic E-state index is 6.82. The van der Waals surface area contributed by atoms with E-state index in [0.29, 0.717) is 0 Å². The molecular weight excluding hydrogens is 844 g/mol. The number of thiophene rings is 1. The van der Waals surface area contributed by atoms with Crippen molar-refractivity contribution in [3.8, 4) is 27.9 Å². The van der Waals surface area contributed by atoms with Crippen LogP contribution < -0.4 is 15.7 Å². The van der Waals surface area contributed by atoms with Crippen LogP contribution in [0.25, 0.3) is 91.9 Å². The highest BCUT2D eigenvalue weighted by atomic mass is 32.1. The molecule has 3 nitrogen and oxygen atoms in total. The van der Waals surface area contributed by atoms with Gasteiger partial charge in [-0.2, -0.15) is 0 Å². The SMILES string of the molecule is CC(C)(C)c1ccc(N2B3c4cc5oc6ccccc6c5cc4-n4c5cc6c(cc5c5ccc(c3c54)-c3cc4sc5cc7c(cc5c4cc32)C(C)(C)CCC7(C)C)C(C)(C)c2ccccc2-6)cc1.